The van der Waals surface area contributed by atoms with Gasteiger partial charge in [0.1, 0.15) is 0 Å². The summed E-state index contributed by atoms with van der Waals surface area (Å²) in [6.07, 6.45) is -0.205. The topological polar surface area (TPSA) is 58.9 Å². The van der Waals surface area contributed by atoms with Crippen molar-refractivity contribution in [2.75, 3.05) is 19.8 Å². The summed E-state index contributed by atoms with van der Waals surface area (Å²) in [7, 11) is 0. The molecule has 0 unspecified atom stereocenters. The third kappa shape index (κ3) is 5.49. The fourth-order valence-corrected chi connectivity index (χ4v) is 0.891. The zero-order valence-electron chi connectivity index (χ0n) is 7.69. The molecule has 0 aliphatic heterocycles. The summed E-state index contributed by atoms with van der Waals surface area (Å²) in [5.74, 6) is 0. The molecule has 0 aliphatic rings. The molecular formula is C8H18O4. The molecule has 0 amide bonds. The summed E-state index contributed by atoms with van der Waals surface area (Å²) in [6.45, 7) is 4.16. The van der Waals surface area contributed by atoms with E-state index in [0.29, 0.717) is 13.0 Å². The van der Waals surface area contributed by atoms with Crippen LogP contribution in [0.3, 0.4) is 0 Å². The van der Waals surface area contributed by atoms with Gasteiger partial charge in [0.15, 0.2) is 6.29 Å². The lowest BCUT2D eigenvalue weighted by Gasteiger charge is -2.19. The van der Waals surface area contributed by atoms with Crippen LogP contribution in [0, 0.1) is 0 Å². The molecule has 0 aliphatic carbocycles. The predicted octanol–water partition coefficient (Wildman–Crippen LogP) is 0.129. The minimum atomic E-state index is -0.323. The van der Waals surface area contributed by atoms with Crippen molar-refractivity contribution < 1.29 is 19.7 Å². The molecule has 0 saturated heterocycles. The molecule has 0 aromatic heterocycles. The van der Waals surface area contributed by atoms with E-state index in [2.05, 4.69) is 0 Å². The molecule has 0 saturated carbocycles. The van der Waals surface area contributed by atoms with Crippen molar-refractivity contribution in [3.8, 4) is 0 Å². The molecule has 0 spiro atoms. The molecule has 0 rings (SSSR count). The molecule has 0 heterocycles. The highest BCUT2D eigenvalue weighted by molar-refractivity contribution is 4.54. The fourth-order valence-electron chi connectivity index (χ4n) is 0.891. The van der Waals surface area contributed by atoms with Crippen LogP contribution in [-0.4, -0.2) is 42.4 Å². The van der Waals surface area contributed by atoms with Gasteiger partial charge in [-0.2, -0.15) is 0 Å². The van der Waals surface area contributed by atoms with Crippen LogP contribution in [-0.2, 0) is 9.47 Å². The summed E-state index contributed by atoms with van der Waals surface area (Å²) < 4.78 is 10.4. The first-order valence-corrected chi connectivity index (χ1v) is 4.23. The number of hydrogen-bond acceptors (Lipinski definition) is 4. The first-order chi connectivity index (χ1) is 5.74. The van der Waals surface area contributed by atoms with E-state index in [9.17, 15) is 0 Å². The van der Waals surface area contributed by atoms with Crippen molar-refractivity contribution in [1.82, 2.24) is 0 Å². The van der Waals surface area contributed by atoms with Gasteiger partial charge in [0.2, 0.25) is 0 Å². The quantitative estimate of drug-likeness (QED) is 0.544. The third-order valence-electron chi connectivity index (χ3n) is 1.44. The van der Waals surface area contributed by atoms with E-state index in [-0.39, 0.29) is 25.6 Å². The summed E-state index contributed by atoms with van der Waals surface area (Å²) in [5, 5.41) is 17.4. The second kappa shape index (κ2) is 7.49. The lowest BCUT2D eigenvalue weighted by molar-refractivity contribution is -0.168. The highest BCUT2D eigenvalue weighted by Gasteiger charge is 2.11. The molecule has 0 radical (unpaired) electrons. The van der Waals surface area contributed by atoms with Crippen molar-refractivity contribution in [2.45, 2.75) is 32.7 Å². The first kappa shape index (κ1) is 11.8. The van der Waals surface area contributed by atoms with Crippen LogP contribution in [0.1, 0.15) is 20.3 Å². The number of hydrogen-bond donors (Lipinski definition) is 2. The van der Waals surface area contributed by atoms with Crippen LogP contribution in [0.5, 0.6) is 0 Å². The van der Waals surface area contributed by atoms with E-state index < -0.39 is 0 Å². The summed E-state index contributed by atoms with van der Waals surface area (Å²) >= 11 is 0. The van der Waals surface area contributed by atoms with Crippen molar-refractivity contribution in [3.63, 3.8) is 0 Å². The molecule has 0 fully saturated rings. The molecule has 0 aromatic carbocycles. The zero-order chi connectivity index (χ0) is 9.40. The average Bonchev–Trinajstić information content (AvgIpc) is 2.04. The van der Waals surface area contributed by atoms with E-state index in [1.165, 1.54) is 0 Å². The van der Waals surface area contributed by atoms with Gasteiger partial charge < -0.3 is 19.7 Å². The predicted molar refractivity (Wildman–Crippen MR) is 44.7 cm³/mol. The van der Waals surface area contributed by atoms with Gasteiger partial charge >= 0.3 is 0 Å². The largest absolute Gasteiger partial charge is 0.396 e. The van der Waals surface area contributed by atoms with E-state index in [0.717, 1.165) is 0 Å². The lowest BCUT2D eigenvalue weighted by Crippen LogP contribution is -2.26. The Morgan fingerprint density at radius 2 is 2.00 bits per heavy atom. The fraction of sp³-hybridized carbons (Fsp3) is 1.00. The van der Waals surface area contributed by atoms with Crippen molar-refractivity contribution in [2.24, 2.45) is 0 Å². The molecule has 74 valence electrons. The molecule has 12 heavy (non-hydrogen) atoms. The standard InChI is InChI=1S/C8H18O4/c1-3-11-7(2)12-8(6-10)4-5-9/h7-10H,3-6H2,1-2H3/t7-,8-/m1/s1. The normalized spacial score (nSPS) is 16.0. The maximum absolute atomic E-state index is 8.78. The van der Waals surface area contributed by atoms with Gasteiger partial charge in [-0.3, -0.25) is 0 Å². The molecular weight excluding hydrogens is 160 g/mol. The van der Waals surface area contributed by atoms with Crippen LogP contribution < -0.4 is 0 Å². The zero-order valence-corrected chi connectivity index (χ0v) is 7.69. The van der Waals surface area contributed by atoms with Gasteiger partial charge in [0, 0.05) is 13.2 Å². The highest BCUT2D eigenvalue weighted by atomic mass is 16.7. The van der Waals surface area contributed by atoms with Crippen LogP contribution in [0.2, 0.25) is 0 Å². The minimum Gasteiger partial charge on any atom is -0.396 e. The number of ether oxygens (including phenoxy) is 2. The Morgan fingerprint density at radius 3 is 2.42 bits per heavy atom. The number of rotatable bonds is 7. The number of aliphatic hydroxyl groups excluding tert-OH is 2. The van der Waals surface area contributed by atoms with Crippen molar-refractivity contribution in [3.05, 3.63) is 0 Å². The van der Waals surface area contributed by atoms with Gasteiger partial charge in [-0.15, -0.1) is 0 Å². The van der Waals surface area contributed by atoms with Gasteiger partial charge in [-0.1, -0.05) is 0 Å². The Balaban J connectivity index is 3.53. The highest BCUT2D eigenvalue weighted by Crippen LogP contribution is 2.02. The Kier molecular flexibility index (Phi) is 7.39. The minimum absolute atomic E-state index is 0.0179. The molecule has 2 atom stereocenters. The summed E-state index contributed by atoms with van der Waals surface area (Å²) in [5.41, 5.74) is 0. The Morgan fingerprint density at radius 1 is 1.33 bits per heavy atom. The van der Waals surface area contributed by atoms with E-state index >= 15 is 0 Å². The summed E-state index contributed by atoms with van der Waals surface area (Å²) in [6, 6.07) is 0. The van der Waals surface area contributed by atoms with Gasteiger partial charge in [0.05, 0.1) is 12.7 Å². The average molecular weight is 178 g/mol. The van der Waals surface area contributed by atoms with E-state index in [1.807, 2.05) is 6.92 Å². The van der Waals surface area contributed by atoms with Crippen LogP contribution >= 0.6 is 0 Å². The lowest BCUT2D eigenvalue weighted by atomic mass is 10.3. The van der Waals surface area contributed by atoms with E-state index in [1.54, 1.807) is 6.92 Å². The van der Waals surface area contributed by atoms with Crippen molar-refractivity contribution >= 4 is 0 Å². The first-order valence-electron chi connectivity index (χ1n) is 4.23. The molecule has 4 heteroatoms. The van der Waals surface area contributed by atoms with E-state index in [4.69, 9.17) is 19.7 Å². The third-order valence-corrected chi connectivity index (χ3v) is 1.44. The molecule has 0 aromatic rings. The van der Waals surface area contributed by atoms with Gasteiger partial charge in [-0.25, -0.2) is 0 Å². The molecule has 4 nitrogen and oxygen atoms in total. The van der Waals surface area contributed by atoms with Crippen LogP contribution in [0.4, 0.5) is 0 Å². The maximum atomic E-state index is 8.78. The smallest absolute Gasteiger partial charge is 0.155 e. The van der Waals surface area contributed by atoms with Gasteiger partial charge in [0.25, 0.3) is 0 Å². The second-order valence-electron chi connectivity index (χ2n) is 2.48. The SMILES string of the molecule is CCO[C@@H](C)O[C@@H](CO)CCO. The molecule has 0 bridgehead atoms. The second-order valence-corrected chi connectivity index (χ2v) is 2.48. The van der Waals surface area contributed by atoms with Crippen LogP contribution in [0.25, 0.3) is 0 Å². The Labute approximate surface area is 73.1 Å². The monoisotopic (exact) mass is 178 g/mol. The van der Waals surface area contributed by atoms with Gasteiger partial charge in [-0.05, 0) is 20.3 Å². The van der Waals surface area contributed by atoms with Crippen molar-refractivity contribution in [1.29, 1.82) is 0 Å². The maximum Gasteiger partial charge on any atom is 0.155 e. The Hall–Kier alpha value is -0.160. The van der Waals surface area contributed by atoms with Crippen LogP contribution in [0.15, 0.2) is 0 Å². The number of aliphatic hydroxyl groups is 2. The molecule has 2 N–H and O–H groups in total. The summed E-state index contributed by atoms with van der Waals surface area (Å²) in [4.78, 5) is 0. The Bertz CT molecular complexity index is 97.1.